The van der Waals surface area contributed by atoms with Crippen molar-refractivity contribution in [3.8, 4) is 0 Å². The van der Waals surface area contributed by atoms with Gasteiger partial charge in [0.25, 0.3) is 0 Å². The van der Waals surface area contributed by atoms with E-state index >= 15 is 0 Å². The number of nitrogens with zero attached hydrogens (tertiary/aromatic N) is 1. The lowest BCUT2D eigenvalue weighted by atomic mass is 10.1. The van der Waals surface area contributed by atoms with Gasteiger partial charge in [0, 0.05) is 12.1 Å². The Morgan fingerprint density at radius 2 is 1.88 bits per heavy atom. The Labute approximate surface area is 152 Å². The summed E-state index contributed by atoms with van der Waals surface area (Å²) in [6.45, 7) is 0.494. The van der Waals surface area contributed by atoms with Crippen LogP contribution in [0.15, 0.2) is 48.7 Å². The summed E-state index contributed by atoms with van der Waals surface area (Å²) in [4.78, 5) is 17.1. The van der Waals surface area contributed by atoms with Crippen LogP contribution in [0.3, 0.4) is 0 Å². The third-order valence-corrected chi connectivity index (χ3v) is 4.96. The van der Waals surface area contributed by atoms with Crippen LogP contribution in [-0.4, -0.2) is 10.8 Å². The highest BCUT2D eigenvalue weighted by Gasteiger charge is 2.14. The van der Waals surface area contributed by atoms with Crippen molar-refractivity contribution in [3.05, 3.63) is 80.5 Å². The summed E-state index contributed by atoms with van der Waals surface area (Å²) in [5.41, 5.74) is 1.38. The first kappa shape index (κ1) is 16.9. The Morgan fingerprint density at radius 1 is 1.12 bits per heavy atom. The second kappa shape index (κ2) is 7.30. The summed E-state index contributed by atoms with van der Waals surface area (Å²) in [6.07, 6.45) is 1.52. The van der Waals surface area contributed by atoms with Gasteiger partial charge in [-0.15, -0.1) is 0 Å². The maximum Gasteiger partial charge on any atom is 0.204 e. The predicted molar refractivity (Wildman–Crippen MR) is 95.7 cm³/mol. The lowest BCUT2D eigenvalue weighted by Crippen LogP contribution is -1.99. The second-order valence-electron chi connectivity index (χ2n) is 4.97. The third-order valence-electron chi connectivity index (χ3n) is 3.27. The van der Waals surface area contributed by atoms with Gasteiger partial charge < -0.3 is 5.32 Å². The molecule has 0 spiro atoms. The molecule has 3 nitrogen and oxygen atoms in total. The number of carbonyl (C=O) groups excluding carboxylic acids is 1. The van der Waals surface area contributed by atoms with E-state index in [1.165, 1.54) is 35.7 Å². The highest BCUT2D eigenvalue weighted by molar-refractivity contribution is 7.17. The summed E-state index contributed by atoms with van der Waals surface area (Å²) >= 11 is 13.0. The van der Waals surface area contributed by atoms with Crippen LogP contribution in [0.25, 0.3) is 0 Å². The molecule has 0 aliphatic rings. The van der Waals surface area contributed by atoms with Crippen molar-refractivity contribution in [2.75, 3.05) is 5.32 Å². The summed E-state index contributed by atoms with van der Waals surface area (Å²) in [6, 6.07) is 10.9. The molecule has 1 N–H and O–H groups in total. The summed E-state index contributed by atoms with van der Waals surface area (Å²) in [7, 11) is 0. The van der Waals surface area contributed by atoms with Gasteiger partial charge in [-0.1, -0.05) is 46.7 Å². The Balaban J connectivity index is 1.69. The van der Waals surface area contributed by atoms with E-state index in [2.05, 4.69) is 10.3 Å². The first-order valence-electron chi connectivity index (χ1n) is 6.97. The van der Waals surface area contributed by atoms with Crippen molar-refractivity contribution in [3.63, 3.8) is 0 Å². The van der Waals surface area contributed by atoms with Crippen LogP contribution in [0, 0.1) is 5.82 Å². The van der Waals surface area contributed by atoms with E-state index in [0.29, 0.717) is 32.2 Å². The molecule has 0 radical (unpaired) electrons. The number of carbonyl (C=O) groups is 1. The lowest BCUT2D eigenvalue weighted by molar-refractivity contribution is 0.104. The van der Waals surface area contributed by atoms with Gasteiger partial charge in [0.1, 0.15) is 5.82 Å². The van der Waals surface area contributed by atoms with E-state index in [1.54, 1.807) is 24.3 Å². The fourth-order valence-electron chi connectivity index (χ4n) is 2.02. The number of nitrogens with one attached hydrogen (secondary N) is 1. The molecule has 0 aliphatic carbocycles. The molecule has 0 saturated heterocycles. The standard InChI is InChI=1S/C17H11Cl2FN2OS/c18-13-6-3-11(7-14(13)19)16(23)15-9-22-17(24-15)21-8-10-1-4-12(20)5-2-10/h1-7,9H,8H2,(H,21,22). The normalized spacial score (nSPS) is 10.6. The van der Waals surface area contributed by atoms with Crippen molar-refractivity contribution in [2.24, 2.45) is 0 Å². The van der Waals surface area contributed by atoms with E-state index in [9.17, 15) is 9.18 Å². The van der Waals surface area contributed by atoms with E-state index in [-0.39, 0.29) is 11.6 Å². The van der Waals surface area contributed by atoms with Gasteiger partial charge in [-0.3, -0.25) is 4.79 Å². The molecule has 0 amide bonds. The molecule has 1 aromatic heterocycles. The van der Waals surface area contributed by atoms with Crippen LogP contribution in [-0.2, 0) is 6.54 Å². The molecular weight excluding hydrogens is 370 g/mol. The highest BCUT2D eigenvalue weighted by Crippen LogP contribution is 2.26. The topological polar surface area (TPSA) is 42.0 Å². The molecule has 122 valence electrons. The monoisotopic (exact) mass is 380 g/mol. The first-order valence-corrected chi connectivity index (χ1v) is 8.54. The Hall–Kier alpha value is -1.95. The molecule has 0 atom stereocenters. The van der Waals surface area contributed by atoms with Crippen molar-refractivity contribution >= 4 is 45.5 Å². The summed E-state index contributed by atoms with van der Waals surface area (Å²) in [5.74, 6) is -0.441. The molecule has 3 aromatic rings. The zero-order valence-electron chi connectivity index (χ0n) is 12.2. The fourth-order valence-corrected chi connectivity index (χ4v) is 3.09. The lowest BCUT2D eigenvalue weighted by Gasteiger charge is -2.02. The molecular formula is C17H11Cl2FN2OS. The van der Waals surface area contributed by atoms with Crippen LogP contribution >= 0.6 is 34.5 Å². The average molecular weight is 381 g/mol. The molecule has 2 aromatic carbocycles. The van der Waals surface area contributed by atoms with E-state index in [0.717, 1.165) is 5.56 Å². The van der Waals surface area contributed by atoms with Crippen LogP contribution in [0.5, 0.6) is 0 Å². The number of rotatable bonds is 5. The number of hydrogen-bond donors (Lipinski definition) is 1. The molecule has 7 heteroatoms. The SMILES string of the molecule is O=C(c1ccc(Cl)c(Cl)c1)c1cnc(NCc2ccc(F)cc2)s1. The number of anilines is 1. The van der Waals surface area contributed by atoms with Gasteiger partial charge in [-0.05, 0) is 35.9 Å². The highest BCUT2D eigenvalue weighted by atomic mass is 35.5. The van der Waals surface area contributed by atoms with Crippen LogP contribution in [0.2, 0.25) is 10.0 Å². The molecule has 0 aliphatic heterocycles. The average Bonchev–Trinajstić information content (AvgIpc) is 3.05. The van der Waals surface area contributed by atoms with E-state index in [4.69, 9.17) is 23.2 Å². The van der Waals surface area contributed by atoms with Crippen molar-refractivity contribution in [2.45, 2.75) is 6.54 Å². The molecule has 0 bridgehead atoms. The van der Waals surface area contributed by atoms with Gasteiger partial charge in [0.2, 0.25) is 5.78 Å². The van der Waals surface area contributed by atoms with Crippen molar-refractivity contribution in [1.82, 2.24) is 4.98 Å². The van der Waals surface area contributed by atoms with Crippen LogP contribution in [0.4, 0.5) is 9.52 Å². The smallest absolute Gasteiger partial charge is 0.204 e. The molecule has 0 fully saturated rings. The minimum atomic E-state index is -0.275. The Bertz CT molecular complexity index is 881. The quantitative estimate of drug-likeness (QED) is 0.599. The van der Waals surface area contributed by atoms with Crippen LogP contribution in [0.1, 0.15) is 20.8 Å². The summed E-state index contributed by atoms with van der Waals surface area (Å²) < 4.78 is 12.9. The first-order chi connectivity index (χ1) is 11.5. The van der Waals surface area contributed by atoms with Gasteiger partial charge >= 0.3 is 0 Å². The van der Waals surface area contributed by atoms with Crippen molar-refractivity contribution in [1.29, 1.82) is 0 Å². The van der Waals surface area contributed by atoms with E-state index < -0.39 is 0 Å². The molecule has 24 heavy (non-hydrogen) atoms. The number of thiazole rings is 1. The number of ketones is 1. The van der Waals surface area contributed by atoms with E-state index in [1.807, 2.05) is 0 Å². The maximum atomic E-state index is 12.9. The minimum Gasteiger partial charge on any atom is -0.357 e. The summed E-state index contributed by atoms with van der Waals surface area (Å²) in [5, 5.41) is 4.46. The number of halogens is 3. The van der Waals surface area contributed by atoms with Gasteiger partial charge in [-0.25, -0.2) is 9.37 Å². The molecule has 0 saturated carbocycles. The van der Waals surface area contributed by atoms with Crippen LogP contribution < -0.4 is 5.32 Å². The Morgan fingerprint density at radius 3 is 2.58 bits per heavy atom. The third kappa shape index (κ3) is 3.93. The number of benzene rings is 2. The number of aromatic nitrogens is 1. The largest absolute Gasteiger partial charge is 0.357 e. The molecule has 1 heterocycles. The Kier molecular flexibility index (Phi) is 5.14. The number of hydrogen-bond acceptors (Lipinski definition) is 4. The molecule has 3 rings (SSSR count). The second-order valence-corrected chi connectivity index (χ2v) is 6.81. The van der Waals surface area contributed by atoms with Gasteiger partial charge in [0.15, 0.2) is 5.13 Å². The van der Waals surface area contributed by atoms with Crippen molar-refractivity contribution < 1.29 is 9.18 Å². The minimum absolute atomic E-state index is 0.166. The zero-order valence-corrected chi connectivity index (χ0v) is 14.6. The fraction of sp³-hybridized carbons (Fsp3) is 0.0588. The zero-order chi connectivity index (χ0) is 17.1. The molecule has 0 unspecified atom stereocenters. The maximum absolute atomic E-state index is 12.9. The van der Waals surface area contributed by atoms with Gasteiger partial charge in [0.05, 0.1) is 21.1 Å². The van der Waals surface area contributed by atoms with Gasteiger partial charge in [-0.2, -0.15) is 0 Å². The predicted octanol–water partition coefficient (Wildman–Crippen LogP) is 5.43.